The first-order valence-corrected chi connectivity index (χ1v) is 15.2. The molecule has 0 nitrogen and oxygen atoms in total. The Morgan fingerprint density at radius 2 is 1.15 bits per heavy atom. The Balaban J connectivity index is 0.000000428. The van der Waals surface area contributed by atoms with E-state index in [-0.39, 0.29) is 0 Å². The SMILES string of the molecule is CCC[CH2][Sn+]([CH2]CCC)[CH2]CCC.[Se-]c1ccccc1. The summed E-state index contributed by atoms with van der Waals surface area (Å²) in [5, 5.41) is 0. The molecule has 0 heterocycles. The fourth-order valence-electron chi connectivity index (χ4n) is 2.08. The van der Waals surface area contributed by atoms with Crippen LogP contribution in [0.1, 0.15) is 59.3 Å². The molecule has 0 fully saturated rings. The standard InChI is InChI=1S/C6H6Se.3C4H9.Sn/c7-6-4-2-1-3-5-6;3*1-3-4-2;/h1-5,7H;3*1,3-4H2,2H3;/q;;;;+1/p-1. The van der Waals surface area contributed by atoms with Gasteiger partial charge in [-0.3, -0.25) is 0 Å². The summed E-state index contributed by atoms with van der Waals surface area (Å²) in [7, 11) is 0. The molecule has 1 aromatic carbocycles. The van der Waals surface area contributed by atoms with Gasteiger partial charge in [0.1, 0.15) is 0 Å². The molecular weight excluding hydrogens is 414 g/mol. The third-order valence-corrected chi connectivity index (χ3v) is 13.0. The van der Waals surface area contributed by atoms with Crippen molar-refractivity contribution in [1.82, 2.24) is 0 Å². The van der Waals surface area contributed by atoms with Crippen LogP contribution in [0.25, 0.3) is 0 Å². The van der Waals surface area contributed by atoms with Gasteiger partial charge >= 0.3 is 143 Å². The molecule has 0 atom stereocenters. The van der Waals surface area contributed by atoms with Crippen molar-refractivity contribution in [3.05, 3.63) is 30.3 Å². The van der Waals surface area contributed by atoms with Gasteiger partial charge in [-0.1, -0.05) is 0 Å². The summed E-state index contributed by atoms with van der Waals surface area (Å²) in [4.78, 5) is 0. The minimum absolute atomic E-state index is 0.839. The number of hydrogen-bond donors (Lipinski definition) is 0. The number of hydrogen-bond acceptors (Lipinski definition) is 0. The Labute approximate surface area is 142 Å². The van der Waals surface area contributed by atoms with Crippen molar-refractivity contribution in [2.24, 2.45) is 0 Å². The predicted molar refractivity (Wildman–Crippen MR) is 96.7 cm³/mol. The Bertz CT molecular complexity index is 268. The molecule has 0 aliphatic heterocycles. The van der Waals surface area contributed by atoms with E-state index in [9.17, 15) is 0 Å². The average Bonchev–Trinajstić information content (AvgIpc) is 2.48. The van der Waals surface area contributed by atoms with E-state index in [2.05, 4.69) is 36.8 Å². The molecule has 0 aliphatic rings. The van der Waals surface area contributed by atoms with Gasteiger partial charge in [-0.05, 0) is 0 Å². The second-order valence-electron chi connectivity index (χ2n) is 5.37. The van der Waals surface area contributed by atoms with Crippen LogP contribution < -0.4 is 4.46 Å². The molecule has 0 N–H and O–H groups in total. The molecule has 20 heavy (non-hydrogen) atoms. The molecule has 0 aliphatic carbocycles. The van der Waals surface area contributed by atoms with Crippen molar-refractivity contribution in [1.29, 1.82) is 0 Å². The monoisotopic (exact) mass is 448 g/mol. The fraction of sp³-hybridized carbons (Fsp3) is 0.667. The van der Waals surface area contributed by atoms with Crippen LogP contribution in [0.15, 0.2) is 30.3 Å². The molecule has 0 bridgehead atoms. The van der Waals surface area contributed by atoms with E-state index in [1.807, 2.05) is 30.3 Å². The minimum atomic E-state index is -0.839. The first-order valence-electron chi connectivity index (χ1n) is 8.30. The molecule has 0 spiro atoms. The van der Waals surface area contributed by atoms with Gasteiger partial charge in [-0.15, -0.1) is 0 Å². The van der Waals surface area contributed by atoms with Crippen molar-refractivity contribution in [2.45, 2.75) is 72.6 Å². The van der Waals surface area contributed by atoms with E-state index < -0.39 is 19.8 Å². The van der Waals surface area contributed by atoms with Crippen LogP contribution in [0.4, 0.5) is 0 Å². The van der Waals surface area contributed by atoms with E-state index >= 15 is 0 Å². The van der Waals surface area contributed by atoms with Gasteiger partial charge in [0.25, 0.3) is 0 Å². The molecule has 0 aromatic heterocycles. The van der Waals surface area contributed by atoms with Crippen LogP contribution in [0, 0.1) is 0 Å². The Morgan fingerprint density at radius 3 is 1.40 bits per heavy atom. The summed E-state index contributed by atoms with van der Waals surface area (Å²) in [5.41, 5.74) is 0. The Morgan fingerprint density at radius 1 is 0.750 bits per heavy atom. The summed E-state index contributed by atoms with van der Waals surface area (Å²) in [6.45, 7) is 7.00. The van der Waals surface area contributed by atoms with Gasteiger partial charge < -0.3 is 0 Å². The third-order valence-electron chi connectivity index (χ3n) is 3.39. The van der Waals surface area contributed by atoms with Crippen LogP contribution in [-0.4, -0.2) is 35.8 Å². The number of benzene rings is 1. The van der Waals surface area contributed by atoms with Crippen molar-refractivity contribution >= 4 is 40.2 Å². The van der Waals surface area contributed by atoms with E-state index in [1.54, 1.807) is 13.3 Å². The number of rotatable bonds is 9. The van der Waals surface area contributed by atoms with Gasteiger partial charge in [-0.2, -0.15) is 0 Å². The molecule has 114 valence electrons. The van der Waals surface area contributed by atoms with E-state index in [0.29, 0.717) is 0 Å². The first-order chi connectivity index (χ1) is 9.74. The normalized spacial score (nSPS) is 9.75. The quantitative estimate of drug-likeness (QED) is 0.448. The topological polar surface area (TPSA) is 0 Å². The molecule has 0 amide bonds. The molecule has 1 aromatic rings. The fourth-order valence-corrected chi connectivity index (χ4v) is 11.9. The molecule has 2 heteroatoms. The zero-order chi connectivity index (χ0) is 15.1. The average molecular weight is 446 g/mol. The predicted octanol–water partition coefficient (Wildman–Crippen LogP) is 5.36. The van der Waals surface area contributed by atoms with Crippen molar-refractivity contribution < 1.29 is 0 Å². The second-order valence-corrected chi connectivity index (χ2v) is 14.9. The summed E-state index contributed by atoms with van der Waals surface area (Å²) in [5.74, 6) is 0. The Kier molecular flexibility index (Phi) is 16.3. The summed E-state index contributed by atoms with van der Waals surface area (Å²) in [6.07, 6.45) is 8.85. The van der Waals surface area contributed by atoms with Crippen LogP contribution in [0.3, 0.4) is 0 Å². The van der Waals surface area contributed by atoms with Crippen molar-refractivity contribution in [2.75, 3.05) is 0 Å². The Hall–Kier alpha value is 0.538. The van der Waals surface area contributed by atoms with Crippen LogP contribution in [-0.2, 0) is 0 Å². The van der Waals surface area contributed by atoms with Gasteiger partial charge in [-0.25, -0.2) is 0 Å². The zero-order valence-electron chi connectivity index (χ0n) is 13.7. The maximum absolute atomic E-state index is 2.90. The molecule has 0 saturated heterocycles. The molecule has 1 rings (SSSR count). The molecule has 0 unspecified atom stereocenters. The third kappa shape index (κ3) is 13.5. The maximum atomic E-state index is 2.90. The van der Waals surface area contributed by atoms with Gasteiger partial charge in [0.2, 0.25) is 0 Å². The number of unbranched alkanes of at least 4 members (excludes halogenated alkanes) is 3. The van der Waals surface area contributed by atoms with Crippen molar-refractivity contribution in [3.63, 3.8) is 0 Å². The van der Waals surface area contributed by atoms with Crippen molar-refractivity contribution in [3.8, 4) is 0 Å². The molecule has 0 saturated carbocycles. The van der Waals surface area contributed by atoms with Crippen LogP contribution in [0.5, 0.6) is 0 Å². The van der Waals surface area contributed by atoms with E-state index in [1.165, 1.54) is 43.0 Å². The van der Waals surface area contributed by atoms with Crippen LogP contribution in [0.2, 0.25) is 13.3 Å². The van der Waals surface area contributed by atoms with Gasteiger partial charge in [0.05, 0.1) is 0 Å². The summed E-state index contributed by atoms with van der Waals surface area (Å²) < 4.78 is 6.23. The summed E-state index contributed by atoms with van der Waals surface area (Å²) >= 11 is 2.06. The van der Waals surface area contributed by atoms with Crippen LogP contribution >= 0.6 is 0 Å². The molecular formula is C18H32SeSn. The summed E-state index contributed by atoms with van der Waals surface area (Å²) in [6, 6.07) is 10.1. The van der Waals surface area contributed by atoms with Gasteiger partial charge in [0.15, 0.2) is 0 Å². The zero-order valence-corrected chi connectivity index (χ0v) is 18.2. The van der Waals surface area contributed by atoms with E-state index in [4.69, 9.17) is 0 Å². The van der Waals surface area contributed by atoms with Gasteiger partial charge in [0, 0.05) is 0 Å². The first kappa shape index (κ1) is 20.5. The second kappa shape index (κ2) is 15.9. The van der Waals surface area contributed by atoms with E-state index in [0.717, 1.165) is 0 Å². The molecule has 0 radical (unpaired) electrons.